The average Bonchev–Trinajstić information content (AvgIpc) is 2.91. The van der Waals surface area contributed by atoms with E-state index in [1.165, 1.54) is 7.11 Å². The van der Waals surface area contributed by atoms with Crippen LogP contribution >= 0.6 is 11.6 Å². The Labute approximate surface area is 127 Å². The molecule has 0 saturated heterocycles. The second-order valence-corrected chi connectivity index (χ2v) is 5.20. The third-order valence-corrected chi connectivity index (χ3v) is 3.74. The van der Waals surface area contributed by atoms with E-state index in [4.69, 9.17) is 16.3 Å². The van der Waals surface area contributed by atoms with E-state index >= 15 is 0 Å². The lowest BCUT2D eigenvalue weighted by molar-refractivity contribution is -0.143. The summed E-state index contributed by atoms with van der Waals surface area (Å²) in [4.78, 5) is 12.3. The Morgan fingerprint density at radius 1 is 1.14 bits per heavy atom. The van der Waals surface area contributed by atoms with E-state index < -0.39 is 6.04 Å². The number of nitrogens with zero attached hydrogens (tertiary/aromatic N) is 1. The average molecular weight is 300 g/mol. The molecule has 3 nitrogen and oxygen atoms in total. The SMILES string of the molecule is COC(=O)C(c1ccccc1)n1ccc2cc(Cl)ccc21. The fourth-order valence-corrected chi connectivity index (χ4v) is 2.70. The van der Waals surface area contributed by atoms with Gasteiger partial charge in [-0.05, 0) is 29.8 Å². The van der Waals surface area contributed by atoms with Crippen LogP contribution < -0.4 is 0 Å². The molecule has 0 radical (unpaired) electrons. The number of fused-ring (bicyclic) bond motifs is 1. The highest BCUT2D eigenvalue weighted by Gasteiger charge is 2.24. The molecule has 1 aromatic heterocycles. The number of aromatic nitrogens is 1. The molecule has 0 spiro atoms. The molecule has 0 N–H and O–H groups in total. The molecule has 2 aromatic carbocycles. The topological polar surface area (TPSA) is 31.2 Å². The first-order valence-electron chi connectivity index (χ1n) is 6.59. The van der Waals surface area contributed by atoms with Crippen LogP contribution in [0.25, 0.3) is 10.9 Å². The molecule has 4 heteroatoms. The standard InChI is InChI=1S/C17H14ClNO2/c1-21-17(20)16(12-5-3-2-4-6-12)19-10-9-13-11-14(18)7-8-15(13)19/h2-11,16H,1H3. The van der Waals surface area contributed by atoms with Gasteiger partial charge in [-0.1, -0.05) is 41.9 Å². The fraction of sp³-hybridized carbons (Fsp3) is 0.118. The summed E-state index contributed by atoms with van der Waals surface area (Å²) in [5.74, 6) is -0.298. The Morgan fingerprint density at radius 3 is 2.62 bits per heavy atom. The summed E-state index contributed by atoms with van der Waals surface area (Å²) >= 11 is 6.01. The number of carbonyl (C=O) groups is 1. The Morgan fingerprint density at radius 2 is 1.90 bits per heavy atom. The second kappa shape index (κ2) is 5.62. The van der Waals surface area contributed by atoms with Gasteiger partial charge in [0.15, 0.2) is 6.04 Å². The van der Waals surface area contributed by atoms with Gasteiger partial charge in [0, 0.05) is 22.1 Å². The van der Waals surface area contributed by atoms with Crippen molar-refractivity contribution < 1.29 is 9.53 Å². The van der Waals surface area contributed by atoms with Gasteiger partial charge in [-0.25, -0.2) is 4.79 Å². The molecule has 0 amide bonds. The van der Waals surface area contributed by atoms with Crippen LogP contribution in [0.1, 0.15) is 11.6 Å². The maximum absolute atomic E-state index is 12.3. The zero-order valence-corrected chi connectivity index (χ0v) is 12.2. The van der Waals surface area contributed by atoms with Gasteiger partial charge in [-0.2, -0.15) is 0 Å². The number of hydrogen-bond donors (Lipinski definition) is 0. The predicted octanol–water partition coefficient (Wildman–Crippen LogP) is 4.06. The number of halogens is 1. The van der Waals surface area contributed by atoms with Gasteiger partial charge in [0.05, 0.1) is 7.11 Å². The summed E-state index contributed by atoms with van der Waals surface area (Å²) < 4.78 is 6.89. The van der Waals surface area contributed by atoms with E-state index in [0.29, 0.717) is 5.02 Å². The van der Waals surface area contributed by atoms with Gasteiger partial charge >= 0.3 is 5.97 Å². The second-order valence-electron chi connectivity index (χ2n) is 4.76. The number of benzene rings is 2. The molecule has 106 valence electrons. The number of rotatable bonds is 3. The van der Waals surface area contributed by atoms with Gasteiger partial charge in [0.25, 0.3) is 0 Å². The minimum Gasteiger partial charge on any atom is -0.467 e. The van der Waals surface area contributed by atoms with Crippen molar-refractivity contribution in [3.05, 3.63) is 71.4 Å². The molecule has 0 saturated carbocycles. The maximum Gasteiger partial charge on any atom is 0.333 e. The quantitative estimate of drug-likeness (QED) is 0.683. The Hall–Kier alpha value is -2.26. The van der Waals surface area contributed by atoms with Crippen molar-refractivity contribution in [2.24, 2.45) is 0 Å². The third kappa shape index (κ3) is 2.52. The van der Waals surface area contributed by atoms with E-state index in [1.54, 1.807) is 0 Å². The lowest BCUT2D eigenvalue weighted by Gasteiger charge is -2.18. The molecule has 0 fully saturated rings. The van der Waals surface area contributed by atoms with Crippen LogP contribution in [0.3, 0.4) is 0 Å². The molecule has 3 aromatic rings. The molecule has 0 bridgehead atoms. The van der Waals surface area contributed by atoms with Crippen LogP contribution in [0.15, 0.2) is 60.8 Å². The van der Waals surface area contributed by atoms with Gasteiger partial charge < -0.3 is 9.30 Å². The minimum absolute atomic E-state index is 0.298. The summed E-state index contributed by atoms with van der Waals surface area (Å²) in [6, 6.07) is 16.6. The zero-order valence-electron chi connectivity index (χ0n) is 11.5. The van der Waals surface area contributed by atoms with Crippen LogP contribution in [0.4, 0.5) is 0 Å². The molecule has 1 atom stereocenters. The normalized spacial score (nSPS) is 12.3. The first-order chi connectivity index (χ1) is 10.2. The lowest BCUT2D eigenvalue weighted by atomic mass is 10.1. The van der Waals surface area contributed by atoms with Crippen molar-refractivity contribution in [3.8, 4) is 0 Å². The first kappa shape index (κ1) is 13.7. The number of carbonyl (C=O) groups excluding carboxylic acids is 1. The molecule has 0 aliphatic rings. The van der Waals surface area contributed by atoms with Crippen molar-refractivity contribution in [3.63, 3.8) is 0 Å². The summed E-state index contributed by atoms with van der Waals surface area (Å²) in [5.41, 5.74) is 1.83. The number of methoxy groups -OCH3 is 1. The smallest absolute Gasteiger partial charge is 0.333 e. The molecule has 0 aliphatic carbocycles. The first-order valence-corrected chi connectivity index (χ1v) is 6.97. The Bertz CT molecular complexity index is 780. The number of ether oxygens (including phenoxy) is 1. The molecule has 3 rings (SSSR count). The highest BCUT2D eigenvalue weighted by molar-refractivity contribution is 6.31. The number of hydrogen-bond acceptors (Lipinski definition) is 2. The molecular weight excluding hydrogens is 286 g/mol. The minimum atomic E-state index is -0.505. The van der Waals surface area contributed by atoms with Crippen molar-refractivity contribution in [1.29, 1.82) is 0 Å². The highest BCUT2D eigenvalue weighted by atomic mass is 35.5. The lowest BCUT2D eigenvalue weighted by Crippen LogP contribution is -2.21. The van der Waals surface area contributed by atoms with Crippen LogP contribution in [0.5, 0.6) is 0 Å². The fourth-order valence-electron chi connectivity index (χ4n) is 2.52. The van der Waals surface area contributed by atoms with E-state index in [0.717, 1.165) is 16.5 Å². The Kier molecular flexibility index (Phi) is 3.67. The van der Waals surface area contributed by atoms with Crippen molar-refractivity contribution >= 4 is 28.5 Å². The van der Waals surface area contributed by atoms with E-state index in [2.05, 4.69) is 0 Å². The maximum atomic E-state index is 12.3. The molecule has 0 aliphatic heterocycles. The van der Waals surface area contributed by atoms with Crippen molar-refractivity contribution in [1.82, 2.24) is 4.57 Å². The monoisotopic (exact) mass is 299 g/mol. The molecule has 21 heavy (non-hydrogen) atoms. The highest BCUT2D eigenvalue weighted by Crippen LogP contribution is 2.27. The van der Waals surface area contributed by atoms with E-state index in [-0.39, 0.29) is 5.97 Å². The van der Waals surface area contributed by atoms with E-state index in [9.17, 15) is 4.79 Å². The van der Waals surface area contributed by atoms with Crippen molar-refractivity contribution in [2.75, 3.05) is 7.11 Å². The van der Waals surface area contributed by atoms with Crippen LogP contribution in [-0.4, -0.2) is 17.6 Å². The van der Waals surface area contributed by atoms with Gasteiger partial charge in [-0.15, -0.1) is 0 Å². The van der Waals surface area contributed by atoms with Crippen LogP contribution in [0.2, 0.25) is 5.02 Å². The molecule has 1 heterocycles. The molecular formula is C17H14ClNO2. The molecule has 1 unspecified atom stereocenters. The summed E-state index contributed by atoms with van der Waals surface area (Å²) in [6.45, 7) is 0. The van der Waals surface area contributed by atoms with Crippen LogP contribution in [0, 0.1) is 0 Å². The van der Waals surface area contributed by atoms with Gasteiger partial charge in [-0.3, -0.25) is 0 Å². The number of esters is 1. The van der Waals surface area contributed by atoms with Crippen molar-refractivity contribution in [2.45, 2.75) is 6.04 Å². The van der Waals surface area contributed by atoms with Gasteiger partial charge in [0.2, 0.25) is 0 Å². The summed E-state index contributed by atoms with van der Waals surface area (Å²) in [7, 11) is 1.40. The van der Waals surface area contributed by atoms with E-state index in [1.807, 2.05) is 65.4 Å². The summed E-state index contributed by atoms with van der Waals surface area (Å²) in [6.07, 6.45) is 1.88. The zero-order chi connectivity index (χ0) is 14.8. The predicted molar refractivity (Wildman–Crippen MR) is 83.5 cm³/mol. The van der Waals surface area contributed by atoms with Crippen LogP contribution in [-0.2, 0) is 9.53 Å². The largest absolute Gasteiger partial charge is 0.467 e. The Balaban J connectivity index is 2.17. The third-order valence-electron chi connectivity index (χ3n) is 3.50. The summed E-state index contributed by atoms with van der Waals surface area (Å²) in [5, 5.41) is 1.67. The van der Waals surface area contributed by atoms with Gasteiger partial charge in [0.1, 0.15) is 0 Å².